The summed E-state index contributed by atoms with van der Waals surface area (Å²) in [7, 11) is 1.21. The highest BCUT2D eigenvalue weighted by atomic mass is 16.8. The van der Waals surface area contributed by atoms with Gasteiger partial charge in [0.25, 0.3) is 0 Å². The molecule has 0 spiro atoms. The number of aliphatic hydroxyl groups excluding tert-OH is 10. The third-order valence-electron chi connectivity index (χ3n) is 6.30. The molecular weight excluding hydrogens is 484 g/mol. The molecule has 0 radical (unpaired) electrons. The summed E-state index contributed by atoms with van der Waals surface area (Å²) in [5, 5.41) is 100. The van der Waals surface area contributed by atoms with Crippen molar-refractivity contribution < 1.29 is 79.5 Å². The lowest BCUT2D eigenvalue weighted by Gasteiger charge is -2.48. The quantitative estimate of drug-likeness (QED) is 0.143. The lowest BCUT2D eigenvalue weighted by atomic mass is 9.96. The van der Waals surface area contributed by atoms with Gasteiger partial charge in [-0.1, -0.05) is 0 Å². The highest BCUT2D eigenvalue weighted by Gasteiger charge is 2.53. The normalized spacial score (nSPS) is 51.3. The van der Waals surface area contributed by atoms with E-state index in [0.717, 1.165) is 0 Å². The van der Waals surface area contributed by atoms with Gasteiger partial charge in [-0.25, -0.2) is 0 Å². The van der Waals surface area contributed by atoms with Crippen molar-refractivity contribution in [3.8, 4) is 0 Å². The van der Waals surface area contributed by atoms with Crippen LogP contribution in [0, 0.1) is 0 Å². The first-order valence-electron chi connectivity index (χ1n) is 11.0. The van der Waals surface area contributed by atoms with Crippen LogP contribution < -0.4 is 0 Å². The summed E-state index contributed by atoms with van der Waals surface area (Å²) < 4.78 is 31.9. The molecule has 3 rings (SSSR count). The van der Waals surface area contributed by atoms with E-state index in [4.69, 9.17) is 28.4 Å². The molecule has 0 aromatic rings. The van der Waals surface area contributed by atoms with E-state index in [1.165, 1.54) is 7.11 Å². The van der Waals surface area contributed by atoms with Gasteiger partial charge < -0.3 is 79.5 Å². The van der Waals surface area contributed by atoms with Crippen molar-refractivity contribution >= 4 is 0 Å². The van der Waals surface area contributed by atoms with E-state index in [1.807, 2.05) is 0 Å². The molecule has 15 atom stereocenters. The maximum absolute atomic E-state index is 10.7. The molecule has 3 aliphatic rings. The minimum absolute atomic E-state index is 0.675. The standard InChI is InChI=1S/C19H34O16/c1-30-17-13(28)10(25)15(6(3-21)32-17)35-19-14(29)11(26)16(7(4-22)33-19)34-18-12(27)9(24)8(23)5(2-20)31-18/h5-29H,2-4H2,1H3/t5?,6?,7?,8-,9-,10?,11+,12?,13?,14?,15+,16-,17+,18-,19-/m0/s1. The van der Waals surface area contributed by atoms with Crippen molar-refractivity contribution in [1.29, 1.82) is 0 Å². The van der Waals surface area contributed by atoms with Crippen LogP contribution in [0.15, 0.2) is 0 Å². The zero-order chi connectivity index (χ0) is 26.0. The molecule has 16 nitrogen and oxygen atoms in total. The number of hydrogen-bond acceptors (Lipinski definition) is 16. The molecule has 3 saturated heterocycles. The van der Waals surface area contributed by atoms with Crippen LogP contribution in [0.25, 0.3) is 0 Å². The van der Waals surface area contributed by atoms with Crippen LogP contribution in [0.5, 0.6) is 0 Å². The third-order valence-corrected chi connectivity index (χ3v) is 6.30. The summed E-state index contributed by atoms with van der Waals surface area (Å²) in [5.74, 6) is 0. The first kappa shape index (κ1) is 28.9. The van der Waals surface area contributed by atoms with Crippen LogP contribution in [0.3, 0.4) is 0 Å². The van der Waals surface area contributed by atoms with Crippen LogP contribution in [-0.2, 0) is 28.4 Å². The maximum Gasteiger partial charge on any atom is 0.187 e. The van der Waals surface area contributed by atoms with E-state index >= 15 is 0 Å². The van der Waals surface area contributed by atoms with E-state index < -0.39 is 112 Å². The number of methoxy groups -OCH3 is 1. The van der Waals surface area contributed by atoms with Crippen LogP contribution in [0.2, 0.25) is 0 Å². The maximum atomic E-state index is 10.7. The molecule has 0 amide bonds. The van der Waals surface area contributed by atoms with Crippen molar-refractivity contribution in [2.24, 2.45) is 0 Å². The van der Waals surface area contributed by atoms with Crippen molar-refractivity contribution in [1.82, 2.24) is 0 Å². The van der Waals surface area contributed by atoms with Crippen LogP contribution in [0.4, 0.5) is 0 Å². The molecule has 10 N–H and O–H groups in total. The van der Waals surface area contributed by atoms with Crippen LogP contribution in [-0.4, -0.2) is 170 Å². The van der Waals surface area contributed by atoms with Gasteiger partial charge in [-0.2, -0.15) is 0 Å². The summed E-state index contributed by atoms with van der Waals surface area (Å²) in [6, 6.07) is 0. The van der Waals surface area contributed by atoms with Gasteiger partial charge in [-0.05, 0) is 0 Å². The highest BCUT2D eigenvalue weighted by Crippen LogP contribution is 2.32. The summed E-state index contributed by atoms with van der Waals surface area (Å²) in [6.07, 6.45) is -23.8. The number of ether oxygens (including phenoxy) is 6. The molecule has 0 saturated carbocycles. The Labute approximate surface area is 199 Å². The summed E-state index contributed by atoms with van der Waals surface area (Å²) in [4.78, 5) is 0. The first-order valence-corrected chi connectivity index (χ1v) is 11.0. The van der Waals surface area contributed by atoms with Crippen molar-refractivity contribution in [3.63, 3.8) is 0 Å². The SMILES string of the molecule is CO[C@@H]1OC(CO)[C@@H](O[C@@H]2OC(CO)[C@H](O[C@@H]3OC(CO)[C@H](O)[C@H](O)C3O)[C@H](O)C2O)C(O)C1O. The Balaban J connectivity index is 1.72. The van der Waals surface area contributed by atoms with Gasteiger partial charge in [-0.15, -0.1) is 0 Å². The fourth-order valence-corrected chi connectivity index (χ4v) is 4.24. The van der Waals surface area contributed by atoms with Gasteiger partial charge in [0.05, 0.1) is 19.8 Å². The summed E-state index contributed by atoms with van der Waals surface area (Å²) in [5.41, 5.74) is 0. The second-order valence-corrected chi connectivity index (χ2v) is 8.55. The van der Waals surface area contributed by atoms with Crippen molar-refractivity contribution in [2.75, 3.05) is 26.9 Å². The second kappa shape index (κ2) is 12.3. The molecule has 0 bridgehead atoms. The molecule has 7 unspecified atom stereocenters. The van der Waals surface area contributed by atoms with Crippen molar-refractivity contribution in [2.45, 2.75) is 92.1 Å². The number of hydrogen-bond donors (Lipinski definition) is 10. The van der Waals surface area contributed by atoms with Crippen LogP contribution in [0.1, 0.15) is 0 Å². The number of rotatable bonds is 8. The Morgan fingerprint density at radius 3 is 1.29 bits per heavy atom. The zero-order valence-electron chi connectivity index (χ0n) is 18.7. The Morgan fingerprint density at radius 1 is 0.486 bits per heavy atom. The average Bonchev–Trinajstić information content (AvgIpc) is 2.86. The molecule has 3 fully saturated rings. The summed E-state index contributed by atoms with van der Waals surface area (Å²) >= 11 is 0. The first-order chi connectivity index (χ1) is 16.6. The van der Waals surface area contributed by atoms with Crippen LogP contribution >= 0.6 is 0 Å². The van der Waals surface area contributed by atoms with Crippen molar-refractivity contribution in [3.05, 3.63) is 0 Å². The zero-order valence-corrected chi connectivity index (χ0v) is 18.7. The molecule has 3 heterocycles. The van der Waals surface area contributed by atoms with E-state index in [0.29, 0.717) is 0 Å². The smallest absolute Gasteiger partial charge is 0.187 e. The van der Waals surface area contributed by atoms with Gasteiger partial charge in [0.15, 0.2) is 18.9 Å². The molecule has 0 aromatic carbocycles. The highest BCUT2D eigenvalue weighted by molar-refractivity contribution is 4.96. The molecule has 3 aliphatic heterocycles. The third kappa shape index (κ3) is 5.78. The van der Waals surface area contributed by atoms with Gasteiger partial charge in [0.2, 0.25) is 0 Å². The van der Waals surface area contributed by atoms with Gasteiger partial charge in [0, 0.05) is 7.11 Å². The molecule has 0 aromatic heterocycles. The minimum Gasteiger partial charge on any atom is -0.394 e. The molecular formula is C19H34O16. The summed E-state index contributed by atoms with van der Waals surface area (Å²) in [6.45, 7) is -2.21. The van der Waals surface area contributed by atoms with E-state index in [9.17, 15) is 51.1 Å². The largest absolute Gasteiger partial charge is 0.394 e. The van der Waals surface area contributed by atoms with E-state index in [2.05, 4.69) is 0 Å². The predicted octanol–water partition coefficient (Wildman–Crippen LogP) is -6.92. The average molecular weight is 518 g/mol. The molecule has 0 aliphatic carbocycles. The minimum atomic E-state index is -1.88. The topological polar surface area (TPSA) is 258 Å². The van der Waals surface area contributed by atoms with E-state index in [1.54, 1.807) is 0 Å². The monoisotopic (exact) mass is 518 g/mol. The Hall–Kier alpha value is -0.640. The molecule has 206 valence electrons. The second-order valence-electron chi connectivity index (χ2n) is 8.55. The fraction of sp³-hybridized carbons (Fsp3) is 1.00. The fourth-order valence-electron chi connectivity index (χ4n) is 4.24. The number of aliphatic hydroxyl groups is 10. The Kier molecular flexibility index (Phi) is 10.1. The van der Waals surface area contributed by atoms with Gasteiger partial charge in [-0.3, -0.25) is 0 Å². The molecule has 16 heteroatoms. The van der Waals surface area contributed by atoms with E-state index in [-0.39, 0.29) is 0 Å². The van der Waals surface area contributed by atoms with Gasteiger partial charge in [0.1, 0.15) is 73.2 Å². The molecule has 35 heavy (non-hydrogen) atoms. The lowest BCUT2D eigenvalue weighted by molar-refractivity contribution is -0.378. The predicted molar refractivity (Wildman–Crippen MR) is 106 cm³/mol. The van der Waals surface area contributed by atoms with Gasteiger partial charge >= 0.3 is 0 Å². The Bertz CT molecular complexity index is 650. The Morgan fingerprint density at radius 2 is 0.857 bits per heavy atom. The lowest BCUT2D eigenvalue weighted by Crippen LogP contribution is -2.66.